The Kier molecular flexibility index (Phi) is 5.88. The monoisotopic (exact) mass is 350 g/mol. The van der Waals surface area contributed by atoms with Crippen LogP contribution >= 0.6 is 0 Å². The molecule has 5 nitrogen and oxygen atoms in total. The first-order chi connectivity index (χ1) is 12.7. The lowest BCUT2D eigenvalue weighted by Gasteiger charge is -2.07. The molecule has 0 saturated heterocycles. The van der Waals surface area contributed by atoms with Gasteiger partial charge in [0.05, 0.1) is 0 Å². The van der Waals surface area contributed by atoms with Crippen LogP contribution in [0.15, 0.2) is 66.7 Å². The third-order valence-corrected chi connectivity index (χ3v) is 3.76. The zero-order valence-corrected chi connectivity index (χ0v) is 14.2. The molecule has 132 valence electrons. The number of amides is 1. The van der Waals surface area contributed by atoms with E-state index in [2.05, 4.69) is 33.0 Å². The quantitative estimate of drug-likeness (QED) is 0.637. The molecule has 2 N–H and O–H groups in total. The van der Waals surface area contributed by atoms with Gasteiger partial charge in [0.25, 0.3) is 5.91 Å². The molecule has 0 atom stereocenters. The van der Waals surface area contributed by atoms with Crippen molar-refractivity contribution in [2.45, 2.75) is 12.8 Å². The van der Waals surface area contributed by atoms with Gasteiger partial charge in [-0.05, 0) is 48.7 Å². The molecule has 0 saturated carbocycles. The van der Waals surface area contributed by atoms with Gasteiger partial charge in [0.2, 0.25) is 0 Å². The molecule has 0 unspecified atom stereocenters. The van der Waals surface area contributed by atoms with Gasteiger partial charge < -0.3 is 10.6 Å². The van der Waals surface area contributed by atoms with Crippen molar-refractivity contribution >= 4 is 17.4 Å². The van der Waals surface area contributed by atoms with Crippen LogP contribution in [0.4, 0.5) is 15.9 Å². The molecule has 0 aliphatic heterocycles. The lowest BCUT2D eigenvalue weighted by Crippen LogP contribution is -2.26. The summed E-state index contributed by atoms with van der Waals surface area (Å²) >= 11 is 0. The Labute approximate surface area is 151 Å². The molecule has 0 bridgehead atoms. The van der Waals surface area contributed by atoms with Gasteiger partial charge in [0, 0.05) is 12.2 Å². The third-order valence-electron chi connectivity index (χ3n) is 3.76. The molecule has 3 rings (SSSR count). The molecule has 0 aliphatic carbocycles. The number of nitrogens with zero attached hydrogens (tertiary/aromatic N) is 2. The van der Waals surface area contributed by atoms with Crippen LogP contribution in [0.5, 0.6) is 0 Å². The van der Waals surface area contributed by atoms with Gasteiger partial charge in [-0.1, -0.05) is 36.4 Å². The fourth-order valence-electron chi connectivity index (χ4n) is 2.46. The van der Waals surface area contributed by atoms with Gasteiger partial charge in [0.15, 0.2) is 11.5 Å². The van der Waals surface area contributed by atoms with E-state index in [4.69, 9.17) is 0 Å². The van der Waals surface area contributed by atoms with Crippen LogP contribution in [-0.2, 0) is 6.42 Å². The average Bonchev–Trinajstić information content (AvgIpc) is 2.66. The minimum atomic E-state index is -0.338. The lowest BCUT2D eigenvalue weighted by atomic mass is 10.1. The van der Waals surface area contributed by atoms with Gasteiger partial charge in [0.1, 0.15) is 5.82 Å². The summed E-state index contributed by atoms with van der Waals surface area (Å²) in [6.45, 7) is 0.568. The van der Waals surface area contributed by atoms with Gasteiger partial charge >= 0.3 is 0 Å². The first-order valence-corrected chi connectivity index (χ1v) is 8.39. The number of aryl methyl sites for hydroxylation is 1. The SMILES string of the molecule is O=C(NCCCc1ccccc1)c1ccc(Nc2cccc(F)c2)nn1. The Balaban J connectivity index is 1.47. The van der Waals surface area contributed by atoms with Gasteiger partial charge in [-0.15, -0.1) is 10.2 Å². The van der Waals surface area contributed by atoms with Crippen LogP contribution < -0.4 is 10.6 Å². The molecule has 0 aliphatic rings. The Morgan fingerprint density at radius 1 is 0.962 bits per heavy atom. The number of hydrogen-bond donors (Lipinski definition) is 2. The first kappa shape index (κ1) is 17.5. The molecule has 1 aromatic heterocycles. The molecule has 0 spiro atoms. The topological polar surface area (TPSA) is 66.9 Å². The molecular weight excluding hydrogens is 331 g/mol. The number of rotatable bonds is 7. The van der Waals surface area contributed by atoms with Crippen molar-refractivity contribution in [3.8, 4) is 0 Å². The van der Waals surface area contributed by atoms with Crippen molar-refractivity contribution in [2.24, 2.45) is 0 Å². The van der Waals surface area contributed by atoms with Crippen LogP contribution in [0.2, 0.25) is 0 Å². The van der Waals surface area contributed by atoms with E-state index >= 15 is 0 Å². The molecule has 1 heterocycles. The Morgan fingerprint density at radius 3 is 2.54 bits per heavy atom. The van der Waals surface area contributed by atoms with Gasteiger partial charge in [-0.3, -0.25) is 4.79 Å². The molecule has 6 heteroatoms. The zero-order valence-electron chi connectivity index (χ0n) is 14.2. The summed E-state index contributed by atoms with van der Waals surface area (Å²) in [6, 6.07) is 19.4. The van der Waals surface area contributed by atoms with Crippen LogP contribution in [0.1, 0.15) is 22.5 Å². The van der Waals surface area contributed by atoms with E-state index in [9.17, 15) is 9.18 Å². The van der Waals surface area contributed by atoms with Crippen molar-refractivity contribution < 1.29 is 9.18 Å². The maximum absolute atomic E-state index is 13.2. The average molecular weight is 350 g/mol. The minimum absolute atomic E-state index is 0.245. The summed E-state index contributed by atoms with van der Waals surface area (Å²) in [4.78, 5) is 12.1. The molecule has 0 fully saturated rings. The highest BCUT2D eigenvalue weighted by molar-refractivity contribution is 5.92. The standard InChI is InChI=1S/C20H19FN4O/c21-16-9-4-10-17(14-16)23-19-12-11-18(24-25-19)20(26)22-13-5-8-15-6-2-1-3-7-15/h1-4,6-7,9-12,14H,5,8,13H2,(H,22,26)(H,23,25). The summed E-state index contributed by atoms with van der Waals surface area (Å²) in [5, 5.41) is 13.6. The van der Waals surface area contributed by atoms with E-state index in [1.54, 1.807) is 24.3 Å². The van der Waals surface area contributed by atoms with Crippen molar-refractivity contribution in [2.75, 3.05) is 11.9 Å². The zero-order chi connectivity index (χ0) is 18.2. The second kappa shape index (κ2) is 8.71. The fraction of sp³-hybridized carbons (Fsp3) is 0.150. The summed E-state index contributed by atoms with van der Waals surface area (Å²) < 4.78 is 13.2. The summed E-state index contributed by atoms with van der Waals surface area (Å²) in [5.74, 6) is -0.159. The lowest BCUT2D eigenvalue weighted by molar-refractivity contribution is 0.0947. The number of hydrogen-bond acceptors (Lipinski definition) is 4. The Bertz CT molecular complexity index is 853. The van der Waals surface area contributed by atoms with Gasteiger partial charge in [-0.2, -0.15) is 0 Å². The van der Waals surface area contributed by atoms with Crippen molar-refractivity contribution in [3.63, 3.8) is 0 Å². The van der Waals surface area contributed by atoms with E-state index in [0.29, 0.717) is 18.1 Å². The number of carbonyl (C=O) groups is 1. The third kappa shape index (κ3) is 5.11. The number of aromatic nitrogens is 2. The molecule has 2 aromatic carbocycles. The van der Waals surface area contributed by atoms with Crippen LogP contribution in [0.25, 0.3) is 0 Å². The first-order valence-electron chi connectivity index (χ1n) is 8.39. The summed E-state index contributed by atoms with van der Waals surface area (Å²) in [7, 11) is 0. The predicted molar refractivity (Wildman–Crippen MR) is 98.8 cm³/mol. The predicted octanol–water partition coefficient (Wildman–Crippen LogP) is 3.72. The largest absolute Gasteiger partial charge is 0.351 e. The van der Waals surface area contributed by atoms with Crippen molar-refractivity contribution in [3.05, 3.63) is 83.8 Å². The van der Waals surface area contributed by atoms with E-state index in [1.165, 1.54) is 17.7 Å². The van der Waals surface area contributed by atoms with Crippen LogP contribution in [0.3, 0.4) is 0 Å². The number of halogens is 1. The van der Waals surface area contributed by atoms with Crippen LogP contribution in [-0.4, -0.2) is 22.6 Å². The number of benzene rings is 2. The highest BCUT2D eigenvalue weighted by Crippen LogP contribution is 2.14. The maximum atomic E-state index is 13.2. The highest BCUT2D eigenvalue weighted by atomic mass is 19.1. The van der Waals surface area contributed by atoms with E-state index in [1.807, 2.05) is 18.2 Å². The van der Waals surface area contributed by atoms with Crippen LogP contribution in [0, 0.1) is 5.82 Å². The Morgan fingerprint density at radius 2 is 1.81 bits per heavy atom. The van der Waals surface area contributed by atoms with Crippen molar-refractivity contribution in [1.82, 2.24) is 15.5 Å². The van der Waals surface area contributed by atoms with E-state index in [-0.39, 0.29) is 17.4 Å². The molecule has 3 aromatic rings. The van der Waals surface area contributed by atoms with Crippen molar-refractivity contribution in [1.29, 1.82) is 0 Å². The Hall–Kier alpha value is -3.28. The molecule has 26 heavy (non-hydrogen) atoms. The van der Waals surface area contributed by atoms with Gasteiger partial charge in [-0.25, -0.2) is 4.39 Å². The van der Waals surface area contributed by atoms with E-state index < -0.39 is 0 Å². The second-order valence-electron chi connectivity index (χ2n) is 5.78. The molecular formula is C20H19FN4O. The maximum Gasteiger partial charge on any atom is 0.271 e. The summed E-state index contributed by atoms with van der Waals surface area (Å²) in [5.41, 5.74) is 2.06. The number of carbonyl (C=O) groups excluding carboxylic acids is 1. The minimum Gasteiger partial charge on any atom is -0.351 e. The summed E-state index contributed by atoms with van der Waals surface area (Å²) in [6.07, 6.45) is 1.76. The molecule has 1 amide bonds. The van der Waals surface area contributed by atoms with E-state index in [0.717, 1.165) is 12.8 Å². The number of nitrogens with one attached hydrogen (secondary N) is 2. The smallest absolute Gasteiger partial charge is 0.271 e. The fourth-order valence-corrected chi connectivity index (χ4v) is 2.46. The number of anilines is 2. The molecule has 0 radical (unpaired) electrons. The second-order valence-corrected chi connectivity index (χ2v) is 5.78. The highest BCUT2D eigenvalue weighted by Gasteiger charge is 2.08. The normalized spacial score (nSPS) is 10.3.